The zero-order valence-electron chi connectivity index (χ0n) is 25.4. The molecule has 0 spiro atoms. The normalized spacial score (nSPS) is 15.4. The average Bonchev–Trinajstić information content (AvgIpc) is 3.40. The van der Waals surface area contributed by atoms with Crippen molar-refractivity contribution in [3.05, 3.63) is 59.9 Å². The summed E-state index contributed by atoms with van der Waals surface area (Å²) in [6, 6.07) is 12.8. The van der Waals surface area contributed by atoms with Crippen LogP contribution in [0.25, 0.3) is 22.3 Å². The van der Waals surface area contributed by atoms with Gasteiger partial charge in [-0.2, -0.15) is 5.10 Å². The fourth-order valence-corrected chi connectivity index (χ4v) is 5.40. The van der Waals surface area contributed by atoms with Crippen molar-refractivity contribution in [1.82, 2.24) is 30.0 Å². The topological polar surface area (TPSA) is 137 Å². The molecule has 5 rings (SSSR count). The molecule has 3 heterocycles. The van der Waals surface area contributed by atoms with Gasteiger partial charge in [-0.1, -0.05) is 45.0 Å². The maximum absolute atomic E-state index is 13.0. The number of nitrogens with two attached hydrogens (primary N) is 1. The summed E-state index contributed by atoms with van der Waals surface area (Å²) in [6.07, 6.45) is 3.73. The van der Waals surface area contributed by atoms with E-state index in [1.807, 2.05) is 33.8 Å². The lowest BCUT2D eigenvalue weighted by atomic mass is 9.91. The third kappa shape index (κ3) is 6.71. The molecule has 1 saturated heterocycles. The summed E-state index contributed by atoms with van der Waals surface area (Å²) >= 11 is 0. The third-order valence-electron chi connectivity index (χ3n) is 7.59. The van der Waals surface area contributed by atoms with Crippen LogP contribution < -0.4 is 20.5 Å². The molecule has 226 valence electrons. The zero-order chi connectivity index (χ0) is 30.7. The fourth-order valence-electron chi connectivity index (χ4n) is 5.40. The van der Waals surface area contributed by atoms with Gasteiger partial charge in [-0.25, -0.2) is 14.6 Å². The van der Waals surface area contributed by atoms with E-state index >= 15 is 0 Å². The summed E-state index contributed by atoms with van der Waals surface area (Å²) in [7, 11) is 3.09. The largest absolute Gasteiger partial charge is 0.497 e. The quantitative estimate of drug-likeness (QED) is 0.306. The van der Waals surface area contributed by atoms with Crippen molar-refractivity contribution >= 4 is 28.7 Å². The summed E-state index contributed by atoms with van der Waals surface area (Å²) in [5.74, 6) is 1.37. The highest BCUT2D eigenvalue weighted by molar-refractivity contribution is 5.98. The minimum absolute atomic E-state index is 0.0204. The molecular formula is C32H39N7O4. The van der Waals surface area contributed by atoms with Crippen LogP contribution in [0.2, 0.25) is 0 Å². The number of benzene rings is 2. The maximum atomic E-state index is 13.0. The van der Waals surface area contributed by atoms with Crippen LogP contribution in [0, 0.1) is 5.41 Å². The monoisotopic (exact) mass is 585 g/mol. The Hall–Kier alpha value is -4.67. The molecule has 1 unspecified atom stereocenters. The minimum Gasteiger partial charge on any atom is -0.497 e. The number of amides is 2. The van der Waals surface area contributed by atoms with Crippen molar-refractivity contribution in [1.29, 1.82) is 0 Å². The van der Waals surface area contributed by atoms with Crippen molar-refractivity contribution in [2.24, 2.45) is 5.41 Å². The molecule has 1 aliphatic rings. The standard InChI is InChI=1S/C32H39N7O4/c1-32(2,3)16-26(40)38-12-6-7-23(18-38)39-30-27(29(33)35-19-36-30)28(37-39)21-10-8-20(9-11-21)17-34-31(41)22-13-24(42-4)15-25(14-22)43-5/h8-11,13-15,19,23H,6-7,12,16-18H2,1-5H3,(H,34,41)(H2,33,35,36). The molecule has 0 radical (unpaired) electrons. The van der Waals surface area contributed by atoms with Crippen molar-refractivity contribution < 1.29 is 19.1 Å². The Balaban J connectivity index is 1.35. The highest BCUT2D eigenvalue weighted by Gasteiger charge is 2.30. The first-order valence-corrected chi connectivity index (χ1v) is 14.4. The zero-order valence-corrected chi connectivity index (χ0v) is 25.4. The van der Waals surface area contributed by atoms with Crippen LogP contribution in [0.1, 0.15) is 62.0 Å². The van der Waals surface area contributed by atoms with Gasteiger partial charge >= 0.3 is 0 Å². The second kappa shape index (κ2) is 12.3. The molecular weight excluding hydrogens is 546 g/mol. The molecule has 1 aliphatic heterocycles. The van der Waals surface area contributed by atoms with Crippen LogP contribution in [0.15, 0.2) is 48.8 Å². The summed E-state index contributed by atoms with van der Waals surface area (Å²) in [5, 5.41) is 8.63. The number of ether oxygens (including phenoxy) is 2. The van der Waals surface area contributed by atoms with Crippen LogP contribution in [-0.4, -0.2) is 63.8 Å². The van der Waals surface area contributed by atoms with Crippen LogP contribution >= 0.6 is 0 Å². The van der Waals surface area contributed by atoms with Crippen molar-refractivity contribution in [3.8, 4) is 22.8 Å². The van der Waals surface area contributed by atoms with Gasteiger partial charge in [0.15, 0.2) is 5.65 Å². The number of rotatable bonds is 8. The summed E-state index contributed by atoms with van der Waals surface area (Å²) in [4.78, 5) is 36.6. The Kier molecular flexibility index (Phi) is 8.52. The molecule has 1 fully saturated rings. The number of piperidine rings is 1. The number of nitrogen functional groups attached to an aromatic ring is 1. The predicted octanol–water partition coefficient (Wildman–Crippen LogP) is 4.62. The second-order valence-electron chi connectivity index (χ2n) is 12.1. The highest BCUT2D eigenvalue weighted by Crippen LogP contribution is 2.34. The van der Waals surface area contributed by atoms with Gasteiger partial charge in [-0.3, -0.25) is 9.59 Å². The number of carbonyl (C=O) groups is 2. The lowest BCUT2D eigenvalue weighted by molar-refractivity contribution is -0.134. The van der Waals surface area contributed by atoms with E-state index in [4.69, 9.17) is 20.3 Å². The Morgan fingerprint density at radius 3 is 2.40 bits per heavy atom. The molecule has 4 aromatic rings. The van der Waals surface area contributed by atoms with E-state index in [1.165, 1.54) is 6.33 Å². The molecule has 0 saturated carbocycles. The lowest BCUT2D eigenvalue weighted by Crippen LogP contribution is -2.42. The van der Waals surface area contributed by atoms with E-state index in [1.54, 1.807) is 32.4 Å². The predicted molar refractivity (Wildman–Crippen MR) is 165 cm³/mol. The number of nitrogens with one attached hydrogen (secondary N) is 1. The van der Waals surface area contributed by atoms with Gasteiger partial charge in [-0.15, -0.1) is 0 Å². The Bertz CT molecular complexity index is 1600. The Labute approximate surface area is 251 Å². The average molecular weight is 586 g/mol. The van der Waals surface area contributed by atoms with Gasteiger partial charge in [0.25, 0.3) is 5.91 Å². The Morgan fingerprint density at radius 2 is 1.74 bits per heavy atom. The molecule has 11 heteroatoms. The molecule has 1 atom stereocenters. The smallest absolute Gasteiger partial charge is 0.251 e. The van der Waals surface area contributed by atoms with Gasteiger partial charge in [0.1, 0.15) is 29.3 Å². The molecule has 3 N–H and O–H groups in total. The lowest BCUT2D eigenvalue weighted by Gasteiger charge is -2.34. The van der Waals surface area contributed by atoms with Gasteiger partial charge in [0.2, 0.25) is 5.91 Å². The van der Waals surface area contributed by atoms with Crippen molar-refractivity contribution in [3.63, 3.8) is 0 Å². The molecule has 2 aromatic carbocycles. The number of fused-ring (bicyclic) bond motifs is 1. The molecule has 43 heavy (non-hydrogen) atoms. The third-order valence-corrected chi connectivity index (χ3v) is 7.59. The number of methoxy groups -OCH3 is 2. The van der Waals surface area contributed by atoms with Crippen molar-refractivity contribution in [2.45, 2.75) is 52.6 Å². The van der Waals surface area contributed by atoms with Gasteiger partial charge in [-0.05, 0) is 36.0 Å². The van der Waals surface area contributed by atoms with Crippen LogP contribution in [-0.2, 0) is 11.3 Å². The van der Waals surface area contributed by atoms with E-state index < -0.39 is 0 Å². The van der Waals surface area contributed by atoms with Gasteiger partial charge in [0.05, 0.1) is 25.6 Å². The number of hydrogen-bond donors (Lipinski definition) is 2. The molecule has 2 aromatic heterocycles. The number of hydrogen-bond acceptors (Lipinski definition) is 8. The number of nitrogens with zero attached hydrogens (tertiary/aromatic N) is 5. The van der Waals surface area contributed by atoms with Gasteiger partial charge in [0, 0.05) is 43.2 Å². The first-order valence-electron chi connectivity index (χ1n) is 14.4. The number of aromatic nitrogens is 4. The van der Waals surface area contributed by atoms with E-state index in [9.17, 15) is 9.59 Å². The van der Waals surface area contributed by atoms with E-state index in [-0.39, 0.29) is 23.3 Å². The minimum atomic E-state index is -0.238. The molecule has 0 aliphatic carbocycles. The van der Waals surface area contributed by atoms with Crippen LogP contribution in [0.3, 0.4) is 0 Å². The summed E-state index contributed by atoms with van der Waals surface area (Å²) in [5.41, 5.74) is 9.84. The molecule has 0 bridgehead atoms. The fraction of sp³-hybridized carbons (Fsp3) is 0.406. The van der Waals surface area contributed by atoms with E-state index in [0.29, 0.717) is 59.1 Å². The van der Waals surface area contributed by atoms with E-state index in [0.717, 1.165) is 30.5 Å². The first-order chi connectivity index (χ1) is 20.6. The van der Waals surface area contributed by atoms with Gasteiger partial charge < -0.3 is 25.4 Å². The molecule has 2 amide bonds. The summed E-state index contributed by atoms with van der Waals surface area (Å²) in [6.45, 7) is 7.90. The van der Waals surface area contributed by atoms with Crippen LogP contribution in [0.4, 0.5) is 5.82 Å². The number of likely N-dealkylation sites (tertiary alicyclic amines) is 1. The van der Waals surface area contributed by atoms with Crippen LogP contribution in [0.5, 0.6) is 11.5 Å². The highest BCUT2D eigenvalue weighted by atomic mass is 16.5. The van der Waals surface area contributed by atoms with E-state index in [2.05, 4.69) is 36.1 Å². The van der Waals surface area contributed by atoms with Crippen molar-refractivity contribution in [2.75, 3.05) is 33.0 Å². The summed E-state index contributed by atoms with van der Waals surface area (Å²) < 4.78 is 12.5. The maximum Gasteiger partial charge on any atom is 0.251 e. The molecule has 11 nitrogen and oxygen atoms in total. The SMILES string of the molecule is COc1cc(OC)cc(C(=O)NCc2ccc(-c3nn(C4CCCN(C(=O)CC(C)(C)C)C4)c4ncnc(N)c34)cc2)c1. The number of carbonyl (C=O) groups excluding carboxylic acids is 2. The second-order valence-corrected chi connectivity index (χ2v) is 12.1. The Morgan fingerprint density at radius 1 is 1.05 bits per heavy atom. The number of anilines is 1. The first kappa shape index (κ1) is 29.8.